The number of aliphatic hydroxyl groups excluding tert-OH is 1. The van der Waals surface area contributed by atoms with Crippen molar-refractivity contribution in [1.82, 2.24) is 10.3 Å². The van der Waals surface area contributed by atoms with E-state index in [-0.39, 0.29) is 12.5 Å². The largest absolute Gasteiger partial charge is 0.395 e. The number of aliphatic hydroxyl groups is 1. The molecule has 0 spiro atoms. The van der Waals surface area contributed by atoms with Gasteiger partial charge in [-0.15, -0.1) is 11.3 Å². The maximum absolute atomic E-state index is 12.1. The Morgan fingerprint density at radius 1 is 1.43 bits per heavy atom. The van der Waals surface area contributed by atoms with Crippen molar-refractivity contribution in [3.05, 3.63) is 51.5 Å². The maximum Gasteiger partial charge on any atom is 0.261 e. The van der Waals surface area contributed by atoms with Crippen LogP contribution in [0.4, 0.5) is 0 Å². The van der Waals surface area contributed by atoms with Gasteiger partial charge in [0.25, 0.3) is 5.91 Å². The van der Waals surface area contributed by atoms with Crippen molar-refractivity contribution >= 4 is 17.2 Å². The van der Waals surface area contributed by atoms with Gasteiger partial charge < -0.3 is 10.4 Å². The third kappa shape index (κ3) is 4.42. The predicted octanol–water partition coefficient (Wildman–Crippen LogP) is 2.12. The third-order valence-corrected chi connectivity index (χ3v) is 3.81. The molecule has 2 rings (SSSR count). The number of nitrogens with one attached hydrogen (secondary N) is 1. The highest BCUT2D eigenvalue weighted by Crippen LogP contribution is 2.15. The number of thiophene rings is 1. The lowest BCUT2D eigenvalue weighted by Crippen LogP contribution is -2.22. The number of carbonyl (C=O) groups excluding carboxylic acids is 1. The van der Waals surface area contributed by atoms with Gasteiger partial charge in [-0.2, -0.15) is 0 Å². The van der Waals surface area contributed by atoms with Crippen LogP contribution in [-0.4, -0.2) is 22.6 Å². The molecule has 0 fully saturated rings. The number of pyridine rings is 1. The van der Waals surface area contributed by atoms with Crippen molar-refractivity contribution in [1.29, 1.82) is 0 Å². The summed E-state index contributed by atoms with van der Waals surface area (Å²) in [4.78, 5) is 17.7. The van der Waals surface area contributed by atoms with Crippen LogP contribution in [0.5, 0.6) is 0 Å². The molecule has 0 radical (unpaired) electrons. The van der Waals surface area contributed by atoms with Crippen molar-refractivity contribution in [2.45, 2.75) is 19.9 Å². The van der Waals surface area contributed by atoms with Crippen LogP contribution < -0.4 is 5.32 Å². The molecule has 108 valence electrons. The fourth-order valence-electron chi connectivity index (χ4n) is 1.69. The van der Waals surface area contributed by atoms with Gasteiger partial charge in [-0.3, -0.25) is 9.78 Å². The number of hydrogen-bond acceptors (Lipinski definition) is 4. The van der Waals surface area contributed by atoms with E-state index < -0.39 is 0 Å². The highest BCUT2D eigenvalue weighted by Gasteiger charge is 2.09. The minimum Gasteiger partial charge on any atom is -0.395 e. The van der Waals surface area contributed by atoms with Gasteiger partial charge in [0.05, 0.1) is 28.6 Å². The van der Waals surface area contributed by atoms with E-state index in [0.717, 1.165) is 16.1 Å². The van der Waals surface area contributed by atoms with E-state index in [1.165, 1.54) is 11.3 Å². The van der Waals surface area contributed by atoms with Crippen LogP contribution in [0.3, 0.4) is 0 Å². The number of amides is 1. The molecular weight excluding hydrogens is 284 g/mol. The molecular formula is C16H16N2O2S. The number of aromatic nitrogens is 1. The number of carbonyl (C=O) groups is 1. The summed E-state index contributed by atoms with van der Waals surface area (Å²) in [6, 6.07) is 7.41. The van der Waals surface area contributed by atoms with Gasteiger partial charge in [0.2, 0.25) is 0 Å². The van der Waals surface area contributed by atoms with Crippen LogP contribution in [0.25, 0.3) is 0 Å². The Morgan fingerprint density at radius 3 is 3.05 bits per heavy atom. The zero-order valence-corrected chi connectivity index (χ0v) is 12.5. The summed E-state index contributed by atoms with van der Waals surface area (Å²) in [6.07, 6.45) is 2.16. The molecule has 0 aliphatic heterocycles. The molecule has 5 heteroatoms. The molecule has 2 heterocycles. The zero-order chi connectivity index (χ0) is 15.1. The quantitative estimate of drug-likeness (QED) is 0.850. The van der Waals surface area contributed by atoms with E-state index in [0.29, 0.717) is 17.8 Å². The Kier molecular flexibility index (Phi) is 5.50. The van der Waals surface area contributed by atoms with Crippen molar-refractivity contribution in [3.8, 4) is 11.8 Å². The van der Waals surface area contributed by atoms with Crippen LogP contribution in [0.15, 0.2) is 30.5 Å². The van der Waals surface area contributed by atoms with E-state index in [9.17, 15) is 4.79 Å². The second-order valence-corrected chi connectivity index (χ2v) is 5.47. The standard InChI is InChI=1S/C16H16N2O2S/c1-12-5-4-9-17-14(12)11-18-16(20)15-8-7-13(21-15)6-2-3-10-19/h4-5,7-9,19H,3,10-11H2,1H3,(H,18,20). The topological polar surface area (TPSA) is 62.2 Å². The minimum atomic E-state index is -0.125. The SMILES string of the molecule is Cc1cccnc1CNC(=O)c1ccc(C#CCCO)s1. The molecule has 0 saturated carbocycles. The van der Waals surface area contributed by atoms with Crippen LogP contribution >= 0.6 is 11.3 Å². The van der Waals surface area contributed by atoms with E-state index >= 15 is 0 Å². The molecule has 0 aromatic carbocycles. The zero-order valence-electron chi connectivity index (χ0n) is 11.7. The molecule has 0 unspecified atom stereocenters. The molecule has 1 amide bonds. The number of aryl methyl sites for hydroxylation is 1. The highest BCUT2D eigenvalue weighted by atomic mass is 32.1. The number of rotatable bonds is 4. The Morgan fingerprint density at radius 2 is 2.29 bits per heavy atom. The highest BCUT2D eigenvalue weighted by molar-refractivity contribution is 7.14. The van der Waals surface area contributed by atoms with Gasteiger partial charge in [0.1, 0.15) is 0 Å². The van der Waals surface area contributed by atoms with E-state index in [4.69, 9.17) is 5.11 Å². The first-order valence-electron chi connectivity index (χ1n) is 6.59. The molecule has 2 aromatic heterocycles. The first-order valence-corrected chi connectivity index (χ1v) is 7.40. The second-order valence-electron chi connectivity index (χ2n) is 4.39. The molecule has 21 heavy (non-hydrogen) atoms. The van der Waals surface area contributed by atoms with Crippen LogP contribution in [0.2, 0.25) is 0 Å². The van der Waals surface area contributed by atoms with Crippen molar-refractivity contribution in [2.24, 2.45) is 0 Å². The Bertz CT molecular complexity index is 683. The fraction of sp³-hybridized carbons (Fsp3) is 0.250. The fourth-order valence-corrected chi connectivity index (χ4v) is 2.48. The molecule has 0 bridgehead atoms. The normalized spacial score (nSPS) is 9.81. The van der Waals surface area contributed by atoms with E-state index in [1.807, 2.05) is 25.1 Å². The predicted molar refractivity (Wildman–Crippen MR) is 83.0 cm³/mol. The van der Waals surface area contributed by atoms with Gasteiger partial charge in [-0.25, -0.2) is 0 Å². The minimum absolute atomic E-state index is 0.0507. The summed E-state index contributed by atoms with van der Waals surface area (Å²) in [5, 5.41) is 11.5. The van der Waals surface area contributed by atoms with E-state index in [2.05, 4.69) is 22.1 Å². The van der Waals surface area contributed by atoms with Crippen LogP contribution in [-0.2, 0) is 6.54 Å². The monoisotopic (exact) mass is 300 g/mol. The van der Waals surface area contributed by atoms with Crippen molar-refractivity contribution in [2.75, 3.05) is 6.61 Å². The van der Waals surface area contributed by atoms with Crippen LogP contribution in [0.1, 0.15) is 32.2 Å². The smallest absolute Gasteiger partial charge is 0.261 e. The third-order valence-electron chi connectivity index (χ3n) is 2.81. The van der Waals surface area contributed by atoms with Gasteiger partial charge in [0.15, 0.2) is 0 Å². The molecule has 0 saturated heterocycles. The maximum atomic E-state index is 12.1. The Hall–Kier alpha value is -2.16. The number of hydrogen-bond donors (Lipinski definition) is 2. The summed E-state index contributed by atoms with van der Waals surface area (Å²) in [5.41, 5.74) is 1.92. The number of nitrogens with zero attached hydrogens (tertiary/aromatic N) is 1. The van der Waals surface area contributed by atoms with Crippen molar-refractivity contribution in [3.63, 3.8) is 0 Å². The molecule has 0 aliphatic carbocycles. The van der Waals surface area contributed by atoms with Gasteiger partial charge in [0, 0.05) is 12.6 Å². The average molecular weight is 300 g/mol. The summed E-state index contributed by atoms with van der Waals surface area (Å²) in [6.45, 7) is 2.43. The van der Waals surface area contributed by atoms with Gasteiger partial charge in [-0.1, -0.05) is 17.9 Å². The van der Waals surface area contributed by atoms with Gasteiger partial charge in [-0.05, 0) is 30.7 Å². The lowest BCUT2D eigenvalue weighted by atomic mass is 10.2. The van der Waals surface area contributed by atoms with Crippen molar-refractivity contribution < 1.29 is 9.90 Å². The Balaban J connectivity index is 1.95. The summed E-state index contributed by atoms with van der Waals surface area (Å²) in [7, 11) is 0. The van der Waals surface area contributed by atoms with Gasteiger partial charge >= 0.3 is 0 Å². The molecule has 0 atom stereocenters. The Labute approximate surface area is 127 Å². The first-order chi connectivity index (χ1) is 10.2. The summed E-state index contributed by atoms with van der Waals surface area (Å²) < 4.78 is 0. The summed E-state index contributed by atoms with van der Waals surface area (Å²) in [5.74, 6) is 5.63. The first kappa shape index (κ1) is 15.2. The summed E-state index contributed by atoms with van der Waals surface area (Å²) >= 11 is 1.34. The molecule has 2 N–H and O–H groups in total. The van der Waals surface area contributed by atoms with E-state index in [1.54, 1.807) is 12.3 Å². The average Bonchev–Trinajstić information content (AvgIpc) is 2.95. The molecule has 4 nitrogen and oxygen atoms in total. The second kappa shape index (κ2) is 7.58. The lowest BCUT2D eigenvalue weighted by molar-refractivity contribution is 0.0954. The van der Waals surface area contributed by atoms with Crippen LogP contribution in [0, 0.1) is 18.8 Å². The lowest BCUT2D eigenvalue weighted by Gasteiger charge is -2.05. The molecule has 2 aromatic rings. The molecule has 0 aliphatic rings.